The van der Waals surface area contributed by atoms with Crippen molar-refractivity contribution in [2.24, 2.45) is 0 Å². The van der Waals surface area contributed by atoms with Crippen molar-refractivity contribution in [3.63, 3.8) is 0 Å². The summed E-state index contributed by atoms with van der Waals surface area (Å²) in [7, 11) is 0. The average molecular weight is 460 g/mol. The van der Waals surface area contributed by atoms with Crippen LogP contribution >= 0.6 is 0 Å². The zero-order valence-corrected chi connectivity index (χ0v) is 19.9. The molecule has 0 aliphatic heterocycles. The number of rotatable bonds is 12. The third-order valence-corrected chi connectivity index (χ3v) is 5.61. The smallest absolute Gasteiger partial charge is 0.262 e. The fourth-order valence-electron chi connectivity index (χ4n) is 3.62. The Bertz CT molecular complexity index is 1050. The summed E-state index contributed by atoms with van der Waals surface area (Å²) in [6.45, 7) is 7.45. The molecule has 0 saturated heterocycles. The van der Waals surface area contributed by atoms with E-state index in [0.717, 1.165) is 31.6 Å². The Labute approximate surface area is 201 Å². The van der Waals surface area contributed by atoms with Crippen LogP contribution in [0, 0.1) is 0 Å². The molecule has 34 heavy (non-hydrogen) atoms. The third-order valence-electron chi connectivity index (χ3n) is 5.61. The van der Waals surface area contributed by atoms with Gasteiger partial charge in [0.15, 0.2) is 6.61 Å². The molecule has 3 rings (SSSR count). The van der Waals surface area contributed by atoms with Crippen molar-refractivity contribution in [2.45, 2.75) is 20.3 Å². The van der Waals surface area contributed by atoms with Crippen LogP contribution in [-0.2, 0) is 11.2 Å². The number of hydrogen-bond acceptors (Lipinski definition) is 4. The standard InChI is InChI=1S/C28H33N3O3/c1-3-31(4-2)19-18-29-28(33)23-14-16-25(17-15-23)30-27(32)21-34-26-13-9-8-12-24(26)20-22-10-6-5-7-11-22/h5-17H,3-4,18-21H2,1-2H3,(H,29,33)(H,30,32). The second-order valence-electron chi connectivity index (χ2n) is 7.97. The van der Waals surface area contributed by atoms with Crippen molar-refractivity contribution in [1.29, 1.82) is 0 Å². The third kappa shape index (κ3) is 7.74. The van der Waals surface area contributed by atoms with E-state index in [-0.39, 0.29) is 18.4 Å². The lowest BCUT2D eigenvalue weighted by molar-refractivity contribution is -0.118. The zero-order chi connectivity index (χ0) is 24.2. The molecule has 0 saturated carbocycles. The summed E-state index contributed by atoms with van der Waals surface area (Å²) in [6.07, 6.45) is 0.733. The van der Waals surface area contributed by atoms with Crippen LogP contribution < -0.4 is 15.4 Å². The number of nitrogens with zero attached hydrogens (tertiary/aromatic N) is 1. The molecule has 2 N–H and O–H groups in total. The van der Waals surface area contributed by atoms with Gasteiger partial charge in [0.25, 0.3) is 11.8 Å². The summed E-state index contributed by atoms with van der Waals surface area (Å²) in [5.41, 5.74) is 3.38. The second kappa shape index (κ2) is 13.2. The van der Waals surface area contributed by atoms with Gasteiger partial charge in [0.2, 0.25) is 0 Å². The van der Waals surface area contributed by atoms with Gasteiger partial charge in [0.1, 0.15) is 5.75 Å². The molecule has 178 valence electrons. The Balaban J connectivity index is 1.48. The number of carbonyl (C=O) groups is 2. The quantitative estimate of drug-likeness (QED) is 0.422. The fraction of sp³-hybridized carbons (Fsp3) is 0.286. The molecular weight excluding hydrogens is 426 g/mol. The minimum atomic E-state index is -0.258. The van der Waals surface area contributed by atoms with Crippen LogP contribution in [0.5, 0.6) is 5.75 Å². The van der Waals surface area contributed by atoms with Gasteiger partial charge in [0, 0.05) is 30.8 Å². The maximum absolute atomic E-state index is 12.4. The highest BCUT2D eigenvalue weighted by Crippen LogP contribution is 2.21. The van der Waals surface area contributed by atoms with E-state index in [4.69, 9.17) is 4.74 Å². The highest BCUT2D eigenvalue weighted by Gasteiger charge is 2.10. The lowest BCUT2D eigenvalue weighted by atomic mass is 10.0. The summed E-state index contributed by atoms with van der Waals surface area (Å²) in [4.78, 5) is 27.0. The normalized spacial score (nSPS) is 10.7. The van der Waals surface area contributed by atoms with Crippen LogP contribution in [0.15, 0.2) is 78.9 Å². The molecule has 0 spiro atoms. The van der Waals surface area contributed by atoms with E-state index < -0.39 is 0 Å². The highest BCUT2D eigenvalue weighted by molar-refractivity contribution is 5.96. The van der Waals surface area contributed by atoms with E-state index in [9.17, 15) is 9.59 Å². The van der Waals surface area contributed by atoms with Gasteiger partial charge in [-0.1, -0.05) is 62.4 Å². The van der Waals surface area contributed by atoms with Crippen LogP contribution in [0.4, 0.5) is 5.69 Å². The molecule has 3 aromatic rings. The van der Waals surface area contributed by atoms with Gasteiger partial charge in [-0.2, -0.15) is 0 Å². The maximum Gasteiger partial charge on any atom is 0.262 e. The number of hydrogen-bond donors (Lipinski definition) is 2. The lowest BCUT2D eigenvalue weighted by Crippen LogP contribution is -2.34. The molecule has 0 bridgehead atoms. The Morgan fingerprint density at radius 2 is 1.53 bits per heavy atom. The Morgan fingerprint density at radius 3 is 2.24 bits per heavy atom. The number of anilines is 1. The molecule has 0 heterocycles. The summed E-state index contributed by atoms with van der Waals surface area (Å²) in [6, 6.07) is 24.7. The molecule has 0 unspecified atom stereocenters. The number of para-hydroxylation sites is 1. The van der Waals surface area contributed by atoms with Gasteiger partial charge < -0.3 is 20.3 Å². The summed E-state index contributed by atoms with van der Waals surface area (Å²) >= 11 is 0. The van der Waals surface area contributed by atoms with E-state index in [0.29, 0.717) is 23.5 Å². The summed E-state index contributed by atoms with van der Waals surface area (Å²) < 4.78 is 5.81. The molecule has 0 aliphatic carbocycles. The van der Waals surface area contributed by atoms with Gasteiger partial charge >= 0.3 is 0 Å². The van der Waals surface area contributed by atoms with E-state index >= 15 is 0 Å². The van der Waals surface area contributed by atoms with Crippen LogP contribution in [0.2, 0.25) is 0 Å². The number of amides is 2. The maximum atomic E-state index is 12.4. The van der Waals surface area contributed by atoms with Crippen LogP contribution in [-0.4, -0.2) is 49.5 Å². The van der Waals surface area contributed by atoms with E-state index in [2.05, 4.69) is 41.5 Å². The predicted molar refractivity (Wildman–Crippen MR) is 136 cm³/mol. The Morgan fingerprint density at radius 1 is 0.853 bits per heavy atom. The first-order chi connectivity index (χ1) is 16.6. The van der Waals surface area contributed by atoms with Gasteiger partial charge in [-0.3, -0.25) is 9.59 Å². The zero-order valence-electron chi connectivity index (χ0n) is 19.9. The molecule has 0 aliphatic rings. The van der Waals surface area contributed by atoms with E-state index in [1.807, 2.05) is 42.5 Å². The summed E-state index contributed by atoms with van der Waals surface area (Å²) in [5.74, 6) is 0.313. The van der Waals surface area contributed by atoms with Crippen molar-refractivity contribution < 1.29 is 14.3 Å². The van der Waals surface area contributed by atoms with Gasteiger partial charge in [-0.05, 0) is 54.5 Å². The minimum Gasteiger partial charge on any atom is -0.483 e. The van der Waals surface area contributed by atoms with Gasteiger partial charge in [0.05, 0.1) is 0 Å². The van der Waals surface area contributed by atoms with Crippen LogP contribution in [0.1, 0.15) is 35.3 Å². The minimum absolute atomic E-state index is 0.0978. The SMILES string of the molecule is CCN(CC)CCNC(=O)c1ccc(NC(=O)COc2ccccc2Cc2ccccc2)cc1. The second-order valence-corrected chi connectivity index (χ2v) is 7.97. The van der Waals surface area contributed by atoms with E-state index in [1.165, 1.54) is 5.56 Å². The number of likely N-dealkylation sites (N-methyl/N-ethyl adjacent to an activating group) is 1. The monoisotopic (exact) mass is 459 g/mol. The Hall–Kier alpha value is -3.64. The van der Waals surface area contributed by atoms with E-state index in [1.54, 1.807) is 24.3 Å². The topological polar surface area (TPSA) is 70.7 Å². The molecule has 6 nitrogen and oxygen atoms in total. The van der Waals surface area contributed by atoms with Crippen molar-refractivity contribution in [3.05, 3.63) is 95.6 Å². The first kappa shape index (κ1) is 25.0. The molecule has 0 radical (unpaired) electrons. The van der Waals surface area contributed by atoms with Crippen molar-refractivity contribution in [2.75, 3.05) is 38.1 Å². The van der Waals surface area contributed by atoms with Crippen molar-refractivity contribution in [3.8, 4) is 5.75 Å². The molecule has 2 amide bonds. The molecule has 0 atom stereocenters. The predicted octanol–water partition coefficient (Wildman–Crippen LogP) is 4.37. The fourth-order valence-corrected chi connectivity index (χ4v) is 3.62. The van der Waals surface area contributed by atoms with Crippen molar-refractivity contribution in [1.82, 2.24) is 10.2 Å². The summed E-state index contributed by atoms with van der Waals surface area (Å²) in [5, 5.41) is 5.75. The van der Waals surface area contributed by atoms with Crippen LogP contribution in [0.3, 0.4) is 0 Å². The largest absolute Gasteiger partial charge is 0.483 e. The molecule has 0 fully saturated rings. The molecule has 6 heteroatoms. The first-order valence-corrected chi connectivity index (χ1v) is 11.7. The molecule has 0 aromatic heterocycles. The molecular formula is C28H33N3O3. The average Bonchev–Trinajstić information content (AvgIpc) is 2.87. The first-order valence-electron chi connectivity index (χ1n) is 11.7. The number of nitrogens with one attached hydrogen (secondary N) is 2. The highest BCUT2D eigenvalue weighted by atomic mass is 16.5. The van der Waals surface area contributed by atoms with Gasteiger partial charge in [-0.25, -0.2) is 0 Å². The number of carbonyl (C=O) groups excluding carboxylic acids is 2. The number of benzene rings is 3. The lowest BCUT2D eigenvalue weighted by Gasteiger charge is -2.18. The molecule has 3 aromatic carbocycles. The van der Waals surface area contributed by atoms with Crippen LogP contribution in [0.25, 0.3) is 0 Å². The van der Waals surface area contributed by atoms with Crippen molar-refractivity contribution >= 4 is 17.5 Å². The number of ether oxygens (including phenoxy) is 1. The van der Waals surface area contributed by atoms with Gasteiger partial charge in [-0.15, -0.1) is 0 Å². The Kier molecular flexibility index (Phi) is 9.67.